The number of benzene rings is 1. The molecule has 0 unspecified atom stereocenters. The van der Waals surface area contributed by atoms with Gasteiger partial charge in [0.05, 0.1) is 6.61 Å². The summed E-state index contributed by atoms with van der Waals surface area (Å²) in [5.41, 5.74) is 4.38. The molecule has 21 heavy (non-hydrogen) atoms. The van der Waals surface area contributed by atoms with Crippen LogP contribution in [0.5, 0.6) is 0 Å². The van der Waals surface area contributed by atoms with Gasteiger partial charge in [-0.15, -0.1) is 0 Å². The number of carbonyl (C=O) groups is 2. The maximum Gasteiger partial charge on any atom is 0.326 e. The minimum absolute atomic E-state index is 0.00216. The first-order valence-electron chi connectivity index (χ1n) is 7.59. The van der Waals surface area contributed by atoms with Crippen LogP contribution < -0.4 is 4.90 Å². The fraction of sp³-hybridized carbons (Fsp3) is 0.529. The average molecular weight is 289 g/mol. The van der Waals surface area contributed by atoms with Crippen molar-refractivity contribution < 1.29 is 14.3 Å². The Hall–Kier alpha value is -1.84. The van der Waals surface area contributed by atoms with Crippen LogP contribution in [-0.2, 0) is 20.7 Å². The normalized spacial score (nSPS) is 15.2. The Balaban J connectivity index is 2.39. The van der Waals surface area contributed by atoms with Gasteiger partial charge in [0.15, 0.2) is 0 Å². The van der Waals surface area contributed by atoms with E-state index in [0.29, 0.717) is 13.0 Å². The van der Waals surface area contributed by atoms with Crippen LogP contribution in [0.3, 0.4) is 0 Å². The second kappa shape index (κ2) is 6.74. The van der Waals surface area contributed by atoms with E-state index < -0.39 is 0 Å². The van der Waals surface area contributed by atoms with E-state index in [9.17, 15) is 9.59 Å². The van der Waals surface area contributed by atoms with Crippen LogP contribution in [0.25, 0.3) is 0 Å². The lowest BCUT2D eigenvalue weighted by atomic mass is 9.96. The number of hydrogen-bond donors (Lipinski definition) is 0. The number of carbonyl (C=O) groups excluding carboxylic acids is 2. The molecule has 0 N–H and O–H groups in total. The van der Waals surface area contributed by atoms with Crippen molar-refractivity contribution in [1.82, 2.24) is 0 Å². The Morgan fingerprint density at radius 2 is 1.86 bits per heavy atom. The summed E-state index contributed by atoms with van der Waals surface area (Å²) in [4.78, 5) is 25.8. The van der Waals surface area contributed by atoms with Crippen LogP contribution >= 0.6 is 0 Å². The number of hydrogen-bond acceptors (Lipinski definition) is 3. The van der Waals surface area contributed by atoms with Gasteiger partial charge in [-0.2, -0.15) is 0 Å². The minimum Gasteiger partial charge on any atom is -0.465 e. The fourth-order valence-electron chi connectivity index (χ4n) is 2.68. The Labute approximate surface area is 126 Å². The predicted octanol–water partition coefficient (Wildman–Crippen LogP) is 2.93. The lowest BCUT2D eigenvalue weighted by molar-refractivity contribution is -0.142. The Morgan fingerprint density at radius 1 is 1.19 bits per heavy atom. The molecule has 0 radical (unpaired) electrons. The molecule has 114 valence electrons. The number of nitrogens with zero attached hydrogens (tertiary/aromatic N) is 1. The molecule has 0 spiro atoms. The number of esters is 1. The third kappa shape index (κ3) is 3.63. The maximum atomic E-state index is 12.4. The fourth-order valence-corrected chi connectivity index (χ4v) is 2.68. The molecule has 1 aliphatic rings. The average Bonchev–Trinajstić information content (AvgIpc) is 2.43. The lowest BCUT2D eigenvalue weighted by Gasteiger charge is -2.27. The smallest absolute Gasteiger partial charge is 0.326 e. The van der Waals surface area contributed by atoms with Crippen LogP contribution in [0, 0.1) is 13.8 Å². The molecule has 1 aromatic rings. The van der Waals surface area contributed by atoms with E-state index in [2.05, 4.69) is 13.0 Å². The number of rotatable bonds is 3. The van der Waals surface area contributed by atoms with Crippen molar-refractivity contribution in [3.8, 4) is 0 Å². The number of anilines is 1. The third-order valence-corrected chi connectivity index (χ3v) is 3.97. The monoisotopic (exact) mass is 289 g/mol. The van der Waals surface area contributed by atoms with Gasteiger partial charge in [-0.05, 0) is 62.8 Å². The van der Waals surface area contributed by atoms with E-state index in [-0.39, 0.29) is 18.4 Å². The van der Waals surface area contributed by atoms with Crippen molar-refractivity contribution in [2.45, 2.75) is 46.5 Å². The summed E-state index contributed by atoms with van der Waals surface area (Å²) in [6.07, 6.45) is 3.31. The van der Waals surface area contributed by atoms with Gasteiger partial charge in [-0.25, -0.2) is 0 Å². The topological polar surface area (TPSA) is 46.6 Å². The molecular formula is C17H23NO3. The first-order valence-corrected chi connectivity index (χ1v) is 7.59. The molecule has 1 aliphatic heterocycles. The highest BCUT2D eigenvalue weighted by atomic mass is 16.5. The first-order chi connectivity index (χ1) is 10.0. The number of fused-ring (bicyclic) bond motifs is 1. The zero-order chi connectivity index (χ0) is 15.4. The zero-order valence-corrected chi connectivity index (χ0v) is 13.1. The van der Waals surface area contributed by atoms with Crippen molar-refractivity contribution in [3.05, 3.63) is 28.8 Å². The molecule has 0 aromatic heterocycles. The summed E-state index contributed by atoms with van der Waals surface area (Å²) < 4.78 is 5.00. The molecule has 0 atom stereocenters. The first kappa shape index (κ1) is 15.5. The molecular weight excluding hydrogens is 266 g/mol. The van der Waals surface area contributed by atoms with Gasteiger partial charge in [0, 0.05) is 12.1 Å². The van der Waals surface area contributed by atoms with Crippen LogP contribution in [0.1, 0.15) is 42.9 Å². The number of ether oxygens (including phenoxy) is 1. The molecule has 1 aromatic carbocycles. The van der Waals surface area contributed by atoms with Gasteiger partial charge < -0.3 is 9.64 Å². The highest BCUT2D eigenvalue weighted by molar-refractivity contribution is 5.98. The molecule has 0 aliphatic carbocycles. The van der Waals surface area contributed by atoms with Gasteiger partial charge in [-0.3, -0.25) is 9.59 Å². The second-order valence-corrected chi connectivity index (χ2v) is 5.56. The van der Waals surface area contributed by atoms with E-state index in [1.165, 1.54) is 5.56 Å². The van der Waals surface area contributed by atoms with E-state index in [1.54, 1.807) is 11.8 Å². The molecule has 1 heterocycles. The number of aryl methyl sites for hydroxylation is 3. The van der Waals surface area contributed by atoms with Gasteiger partial charge in [0.2, 0.25) is 5.91 Å². The molecule has 0 bridgehead atoms. The second-order valence-electron chi connectivity index (χ2n) is 5.56. The standard InChI is InChI=1S/C17H23NO3/c1-4-21-17(20)11-18-15-10-13(3)12(2)9-14(15)7-5-6-8-16(18)19/h9-10H,4-8,11H2,1-3H3. The Morgan fingerprint density at radius 3 is 2.57 bits per heavy atom. The summed E-state index contributed by atoms with van der Waals surface area (Å²) in [5.74, 6) is -0.345. The van der Waals surface area contributed by atoms with Gasteiger partial charge in [-0.1, -0.05) is 6.07 Å². The quantitative estimate of drug-likeness (QED) is 0.804. The maximum absolute atomic E-state index is 12.4. The van der Waals surface area contributed by atoms with Gasteiger partial charge in [0.25, 0.3) is 0 Å². The van der Waals surface area contributed by atoms with Crippen LogP contribution in [0.15, 0.2) is 12.1 Å². The molecule has 4 nitrogen and oxygen atoms in total. The molecule has 1 amide bonds. The van der Waals surface area contributed by atoms with Crippen LogP contribution in [0.2, 0.25) is 0 Å². The zero-order valence-electron chi connectivity index (χ0n) is 13.1. The summed E-state index contributed by atoms with van der Waals surface area (Å²) in [6, 6.07) is 4.16. The summed E-state index contributed by atoms with van der Waals surface area (Å²) in [7, 11) is 0. The Bertz CT molecular complexity index is 551. The van der Waals surface area contributed by atoms with Crippen LogP contribution in [0.4, 0.5) is 5.69 Å². The number of amides is 1. The predicted molar refractivity (Wildman–Crippen MR) is 82.5 cm³/mol. The molecule has 2 rings (SSSR count). The largest absolute Gasteiger partial charge is 0.465 e. The van der Waals surface area contributed by atoms with E-state index in [4.69, 9.17) is 4.74 Å². The highest BCUT2D eigenvalue weighted by Crippen LogP contribution is 2.29. The molecule has 0 fully saturated rings. The SMILES string of the molecule is CCOC(=O)CN1C(=O)CCCCc2cc(C)c(C)cc21. The van der Waals surface area contributed by atoms with Crippen molar-refractivity contribution in [3.63, 3.8) is 0 Å². The van der Waals surface area contributed by atoms with E-state index in [0.717, 1.165) is 36.1 Å². The molecule has 4 heteroatoms. The van der Waals surface area contributed by atoms with Gasteiger partial charge >= 0.3 is 5.97 Å². The molecule has 0 saturated heterocycles. The molecule has 0 saturated carbocycles. The van der Waals surface area contributed by atoms with Crippen molar-refractivity contribution >= 4 is 17.6 Å². The van der Waals surface area contributed by atoms with Gasteiger partial charge in [0.1, 0.15) is 6.54 Å². The summed E-state index contributed by atoms with van der Waals surface area (Å²) >= 11 is 0. The lowest BCUT2D eigenvalue weighted by Crippen LogP contribution is -2.37. The highest BCUT2D eigenvalue weighted by Gasteiger charge is 2.24. The summed E-state index contributed by atoms with van der Waals surface area (Å²) in [6.45, 7) is 6.21. The van der Waals surface area contributed by atoms with E-state index >= 15 is 0 Å². The van der Waals surface area contributed by atoms with E-state index in [1.807, 2.05) is 13.0 Å². The van der Waals surface area contributed by atoms with Crippen molar-refractivity contribution in [2.24, 2.45) is 0 Å². The minimum atomic E-state index is -0.351. The third-order valence-electron chi connectivity index (χ3n) is 3.97. The Kier molecular flexibility index (Phi) is 4.99. The van der Waals surface area contributed by atoms with Crippen molar-refractivity contribution in [1.29, 1.82) is 0 Å². The van der Waals surface area contributed by atoms with Crippen molar-refractivity contribution in [2.75, 3.05) is 18.1 Å². The summed E-state index contributed by atoms with van der Waals surface area (Å²) in [5, 5.41) is 0. The van der Waals surface area contributed by atoms with Crippen LogP contribution in [-0.4, -0.2) is 25.0 Å².